The second-order valence-electron chi connectivity index (χ2n) is 3.81. The van der Waals surface area contributed by atoms with Crippen LogP contribution in [0.4, 0.5) is 0 Å². The maximum Gasteiger partial charge on any atom is 0.158 e. The number of carbonyl (C=O) groups is 1. The van der Waals surface area contributed by atoms with E-state index in [1.54, 1.807) is 6.92 Å². The molecule has 0 fully saturated rings. The lowest BCUT2D eigenvalue weighted by Crippen LogP contribution is -1.95. The van der Waals surface area contributed by atoms with E-state index in [1.165, 1.54) is 0 Å². The van der Waals surface area contributed by atoms with Crippen LogP contribution in [-0.4, -0.2) is 20.2 Å². The van der Waals surface area contributed by atoms with Crippen LogP contribution in [0.25, 0.3) is 5.65 Å². The zero-order valence-corrected chi connectivity index (χ0v) is 9.11. The Labute approximate surface area is 88.0 Å². The first-order valence-corrected chi connectivity index (χ1v) is 4.87. The molecule has 15 heavy (non-hydrogen) atoms. The number of imidazole rings is 1. The first-order chi connectivity index (χ1) is 7.06. The number of aryl methyl sites for hydroxylation is 2. The zero-order chi connectivity index (χ0) is 11.0. The summed E-state index contributed by atoms with van der Waals surface area (Å²) in [4.78, 5) is 19.7. The quantitative estimate of drug-likeness (QED) is 0.742. The highest BCUT2D eigenvalue weighted by molar-refractivity contribution is 5.77. The minimum Gasteiger partial charge on any atom is -0.303 e. The first kappa shape index (κ1) is 9.83. The average Bonchev–Trinajstić information content (AvgIpc) is 2.45. The molecule has 2 aromatic heterocycles. The Morgan fingerprint density at radius 2 is 2.07 bits per heavy atom. The predicted molar refractivity (Wildman–Crippen MR) is 56.8 cm³/mol. The molecule has 4 nitrogen and oxygen atoms in total. The summed E-state index contributed by atoms with van der Waals surface area (Å²) in [5.41, 5.74) is 3.48. The molecule has 0 bridgehead atoms. The van der Waals surface area contributed by atoms with E-state index < -0.39 is 0 Å². The zero-order valence-electron chi connectivity index (χ0n) is 9.11. The number of rotatable bonds is 2. The Hall–Kier alpha value is -1.71. The van der Waals surface area contributed by atoms with Gasteiger partial charge in [0, 0.05) is 18.8 Å². The summed E-state index contributed by atoms with van der Waals surface area (Å²) in [5.74, 6) is 0.126. The second-order valence-corrected chi connectivity index (χ2v) is 3.81. The Morgan fingerprint density at radius 1 is 1.33 bits per heavy atom. The molecule has 78 valence electrons. The molecule has 0 aliphatic rings. The number of Topliss-reactive ketones (excluding diaryl/α,β-unsaturated/α-hetero) is 1. The lowest BCUT2D eigenvalue weighted by atomic mass is 10.2. The molecule has 0 amide bonds. The lowest BCUT2D eigenvalue weighted by Gasteiger charge is -1.98. The number of hydrogen-bond donors (Lipinski definition) is 0. The van der Waals surface area contributed by atoms with Gasteiger partial charge in [-0.15, -0.1) is 0 Å². The highest BCUT2D eigenvalue weighted by atomic mass is 16.1. The SMILES string of the molecule is CC(=O)Cc1cn2cc(C)nc(C)c2n1. The molecule has 0 radical (unpaired) electrons. The molecule has 2 aromatic rings. The molecule has 0 aromatic carbocycles. The van der Waals surface area contributed by atoms with E-state index in [1.807, 2.05) is 30.6 Å². The summed E-state index contributed by atoms with van der Waals surface area (Å²) < 4.78 is 1.93. The fourth-order valence-corrected chi connectivity index (χ4v) is 1.70. The molecule has 4 heteroatoms. The van der Waals surface area contributed by atoms with Crippen LogP contribution >= 0.6 is 0 Å². The van der Waals surface area contributed by atoms with Gasteiger partial charge in [-0.05, 0) is 20.8 Å². The van der Waals surface area contributed by atoms with Crippen molar-refractivity contribution in [2.24, 2.45) is 0 Å². The number of fused-ring (bicyclic) bond motifs is 1. The fraction of sp³-hybridized carbons (Fsp3) is 0.364. The van der Waals surface area contributed by atoms with Gasteiger partial charge in [-0.2, -0.15) is 0 Å². The molecule has 0 aliphatic heterocycles. The van der Waals surface area contributed by atoms with Gasteiger partial charge in [0.25, 0.3) is 0 Å². The van der Waals surface area contributed by atoms with Crippen LogP contribution in [0.5, 0.6) is 0 Å². The van der Waals surface area contributed by atoms with E-state index in [-0.39, 0.29) is 5.78 Å². The van der Waals surface area contributed by atoms with Crippen LogP contribution in [0, 0.1) is 13.8 Å². The topological polar surface area (TPSA) is 47.3 Å². The normalized spacial score (nSPS) is 10.9. The van der Waals surface area contributed by atoms with Crippen molar-refractivity contribution in [2.75, 3.05) is 0 Å². The van der Waals surface area contributed by atoms with Crippen molar-refractivity contribution >= 4 is 11.4 Å². The Kier molecular flexibility index (Phi) is 2.26. The number of ketones is 1. The van der Waals surface area contributed by atoms with Gasteiger partial charge in [0.15, 0.2) is 5.65 Å². The number of aromatic nitrogens is 3. The number of carbonyl (C=O) groups excluding carboxylic acids is 1. The molecule has 0 saturated heterocycles. The van der Waals surface area contributed by atoms with Gasteiger partial charge in [0.05, 0.1) is 17.1 Å². The summed E-state index contributed by atoms with van der Waals surface area (Å²) >= 11 is 0. The average molecular weight is 203 g/mol. The van der Waals surface area contributed by atoms with E-state index in [2.05, 4.69) is 9.97 Å². The van der Waals surface area contributed by atoms with Gasteiger partial charge in [-0.1, -0.05) is 0 Å². The highest BCUT2D eigenvalue weighted by Gasteiger charge is 2.07. The Balaban J connectivity index is 2.55. The van der Waals surface area contributed by atoms with Crippen molar-refractivity contribution in [3.8, 4) is 0 Å². The standard InChI is InChI=1S/C11H13N3O/c1-7-5-14-6-10(4-8(2)15)13-11(14)9(3)12-7/h5-6H,4H2,1-3H3. The van der Waals surface area contributed by atoms with E-state index >= 15 is 0 Å². The third-order valence-electron chi connectivity index (χ3n) is 2.21. The summed E-state index contributed by atoms with van der Waals surface area (Å²) in [6, 6.07) is 0. The van der Waals surface area contributed by atoms with Gasteiger partial charge < -0.3 is 4.40 Å². The molecule has 2 rings (SSSR count). The molecular weight excluding hydrogens is 190 g/mol. The predicted octanol–water partition coefficient (Wildman–Crippen LogP) is 1.48. The maximum absolute atomic E-state index is 11.0. The molecule has 0 N–H and O–H groups in total. The summed E-state index contributed by atoms with van der Waals surface area (Å²) in [5, 5.41) is 0. The van der Waals surface area contributed by atoms with Crippen LogP contribution in [0.15, 0.2) is 12.4 Å². The monoisotopic (exact) mass is 203 g/mol. The largest absolute Gasteiger partial charge is 0.303 e. The van der Waals surface area contributed by atoms with Crippen molar-refractivity contribution < 1.29 is 4.79 Å². The van der Waals surface area contributed by atoms with Crippen molar-refractivity contribution in [1.29, 1.82) is 0 Å². The third kappa shape index (κ3) is 1.88. The molecule has 0 spiro atoms. The molecule has 0 unspecified atom stereocenters. The second kappa shape index (κ2) is 3.46. The summed E-state index contributed by atoms with van der Waals surface area (Å²) in [6.07, 6.45) is 4.19. The smallest absolute Gasteiger partial charge is 0.158 e. The Bertz CT molecular complexity index is 528. The molecular formula is C11H13N3O. The van der Waals surface area contributed by atoms with Crippen LogP contribution in [0.3, 0.4) is 0 Å². The minimum absolute atomic E-state index is 0.126. The molecule has 0 aliphatic carbocycles. The van der Waals surface area contributed by atoms with Crippen molar-refractivity contribution in [3.63, 3.8) is 0 Å². The number of hydrogen-bond acceptors (Lipinski definition) is 3. The third-order valence-corrected chi connectivity index (χ3v) is 2.21. The van der Waals surface area contributed by atoms with Crippen molar-refractivity contribution in [2.45, 2.75) is 27.2 Å². The van der Waals surface area contributed by atoms with Gasteiger partial charge in [-0.3, -0.25) is 9.78 Å². The Morgan fingerprint density at radius 3 is 2.73 bits per heavy atom. The number of nitrogens with zero attached hydrogens (tertiary/aromatic N) is 3. The molecule has 0 atom stereocenters. The highest BCUT2D eigenvalue weighted by Crippen LogP contribution is 2.10. The van der Waals surface area contributed by atoms with Crippen molar-refractivity contribution in [3.05, 3.63) is 29.5 Å². The van der Waals surface area contributed by atoms with Crippen LogP contribution in [-0.2, 0) is 11.2 Å². The van der Waals surface area contributed by atoms with Crippen LogP contribution in [0.2, 0.25) is 0 Å². The van der Waals surface area contributed by atoms with Gasteiger partial charge in [0.2, 0.25) is 0 Å². The fourth-order valence-electron chi connectivity index (χ4n) is 1.70. The van der Waals surface area contributed by atoms with Gasteiger partial charge >= 0.3 is 0 Å². The van der Waals surface area contributed by atoms with E-state index in [9.17, 15) is 4.79 Å². The first-order valence-electron chi connectivity index (χ1n) is 4.87. The molecule has 0 saturated carbocycles. The molecule has 2 heterocycles. The van der Waals surface area contributed by atoms with E-state index in [4.69, 9.17) is 0 Å². The van der Waals surface area contributed by atoms with Gasteiger partial charge in [0.1, 0.15) is 5.78 Å². The van der Waals surface area contributed by atoms with Crippen molar-refractivity contribution in [1.82, 2.24) is 14.4 Å². The maximum atomic E-state index is 11.0. The van der Waals surface area contributed by atoms with Crippen LogP contribution in [0.1, 0.15) is 24.0 Å². The summed E-state index contributed by atoms with van der Waals surface area (Å²) in [7, 11) is 0. The van der Waals surface area contributed by atoms with E-state index in [0.29, 0.717) is 6.42 Å². The van der Waals surface area contributed by atoms with Crippen LogP contribution < -0.4 is 0 Å². The van der Waals surface area contributed by atoms with Gasteiger partial charge in [-0.25, -0.2) is 4.98 Å². The summed E-state index contributed by atoms with van der Waals surface area (Å²) in [6.45, 7) is 5.43. The van der Waals surface area contributed by atoms with E-state index in [0.717, 1.165) is 22.7 Å². The minimum atomic E-state index is 0.126. The lowest BCUT2D eigenvalue weighted by molar-refractivity contribution is -0.116.